The summed E-state index contributed by atoms with van der Waals surface area (Å²) in [7, 11) is 0. The van der Waals surface area contributed by atoms with Gasteiger partial charge in [-0.05, 0) is 43.0 Å². The van der Waals surface area contributed by atoms with Gasteiger partial charge < -0.3 is 9.26 Å². The molecule has 0 aliphatic carbocycles. The molecule has 0 N–H and O–H groups in total. The van der Waals surface area contributed by atoms with Crippen LogP contribution in [0, 0.1) is 5.82 Å². The van der Waals surface area contributed by atoms with E-state index < -0.39 is 0 Å². The number of unbranched alkanes of at least 4 members (excludes halogenated alkanes) is 9. The van der Waals surface area contributed by atoms with Crippen molar-refractivity contribution in [2.24, 2.45) is 0 Å². The minimum atomic E-state index is -0.371. The van der Waals surface area contributed by atoms with Crippen LogP contribution in [0.25, 0.3) is 22.6 Å². The summed E-state index contributed by atoms with van der Waals surface area (Å²) in [6, 6.07) is 15.3. The maximum Gasteiger partial charge on any atom is 0.167 e. The minimum absolute atomic E-state index is 0.294. The standard InChI is InChI=1S/C30H40FNO2/c1-3-5-7-9-11-13-21-33-29-20-19-26(22-27(29)31)30-23-28(32-34-30)25-17-15-24(16-18-25)14-12-10-8-6-4-2/h15-20,22-23H,3-14,21H2,1-2H3. The van der Waals surface area contributed by atoms with Gasteiger partial charge in [-0.2, -0.15) is 0 Å². The number of rotatable bonds is 16. The van der Waals surface area contributed by atoms with Crippen molar-refractivity contribution in [2.45, 2.75) is 90.9 Å². The predicted molar refractivity (Wildman–Crippen MR) is 139 cm³/mol. The highest BCUT2D eigenvalue weighted by molar-refractivity contribution is 5.67. The van der Waals surface area contributed by atoms with Crippen LogP contribution in [0.1, 0.15) is 90.0 Å². The lowest BCUT2D eigenvalue weighted by atomic mass is 10.0. The monoisotopic (exact) mass is 465 g/mol. The van der Waals surface area contributed by atoms with Gasteiger partial charge in [-0.1, -0.05) is 101 Å². The molecule has 0 aliphatic rings. The Labute approximate surface area is 204 Å². The molecule has 184 valence electrons. The summed E-state index contributed by atoms with van der Waals surface area (Å²) in [5.41, 5.74) is 3.77. The zero-order valence-electron chi connectivity index (χ0n) is 21.0. The van der Waals surface area contributed by atoms with Crippen LogP contribution in [0.15, 0.2) is 53.1 Å². The van der Waals surface area contributed by atoms with Gasteiger partial charge in [0.05, 0.1) is 6.61 Å². The molecule has 1 aromatic heterocycles. The van der Waals surface area contributed by atoms with E-state index in [1.54, 1.807) is 6.07 Å². The van der Waals surface area contributed by atoms with E-state index in [1.165, 1.54) is 69.4 Å². The summed E-state index contributed by atoms with van der Waals surface area (Å²) in [5, 5.41) is 4.20. The number of aromatic nitrogens is 1. The topological polar surface area (TPSA) is 35.3 Å². The molecule has 34 heavy (non-hydrogen) atoms. The zero-order chi connectivity index (χ0) is 24.0. The van der Waals surface area contributed by atoms with E-state index in [9.17, 15) is 4.39 Å². The Hall–Kier alpha value is -2.62. The Balaban J connectivity index is 1.50. The molecule has 0 spiro atoms. The van der Waals surface area contributed by atoms with Crippen LogP contribution in [0.4, 0.5) is 4.39 Å². The van der Waals surface area contributed by atoms with E-state index in [2.05, 4.69) is 43.3 Å². The number of nitrogens with zero attached hydrogens (tertiary/aromatic N) is 1. The quantitative estimate of drug-likeness (QED) is 0.198. The van der Waals surface area contributed by atoms with Crippen molar-refractivity contribution in [1.29, 1.82) is 0 Å². The molecule has 0 amide bonds. The molecule has 0 radical (unpaired) electrons. The fourth-order valence-electron chi connectivity index (χ4n) is 4.16. The summed E-state index contributed by atoms with van der Waals surface area (Å²) in [6.07, 6.45) is 14.6. The minimum Gasteiger partial charge on any atom is -0.491 e. The van der Waals surface area contributed by atoms with E-state index >= 15 is 0 Å². The normalized spacial score (nSPS) is 11.1. The third-order valence-electron chi connectivity index (χ3n) is 6.30. The maximum absolute atomic E-state index is 14.6. The molecule has 0 bridgehead atoms. The van der Waals surface area contributed by atoms with Crippen molar-refractivity contribution >= 4 is 0 Å². The van der Waals surface area contributed by atoms with Crippen molar-refractivity contribution in [2.75, 3.05) is 6.61 Å². The van der Waals surface area contributed by atoms with Gasteiger partial charge in [0.1, 0.15) is 5.69 Å². The van der Waals surface area contributed by atoms with Gasteiger partial charge in [-0.3, -0.25) is 0 Å². The van der Waals surface area contributed by atoms with Gasteiger partial charge in [0.15, 0.2) is 17.3 Å². The molecular formula is C30H40FNO2. The summed E-state index contributed by atoms with van der Waals surface area (Å²) in [5.74, 6) is 0.475. The first-order valence-corrected chi connectivity index (χ1v) is 13.2. The molecule has 3 aromatic rings. The third-order valence-corrected chi connectivity index (χ3v) is 6.30. The fraction of sp³-hybridized carbons (Fsp3) is 0.500. The SMILES string of the molecule is CCCCCCCCOc1ccc(-c2cc(-c3ccc(CCCCCCC)cc3)no2)cc1F. The van der Waals surface area contributed by atoms with Gasteiger partial charge in [-0.15, -0.1) is 0 Å². The second kappa shape index (κ2) is 14.6. The average Bonchev–Trinajstić information content (AvgIpc) is 3.35. The molecule has 0 aliphatic heterocycles. The van der Waals surface area contributed by atoms with Gasteiger partial charge in [0.2, 0.25) is 0 Å². The Morgan fingerprint density at radius 1 is 0.735 bits per heavy atom. The fourth-order valence-corrected chi connectivity index (χ4v) is 4.16. The molecule has 2 aromatic carbocycles. The molecule has 1 heterocycles. The Morgan fingerprint density at radius 2 is 1.38 bits per heavy atom. The summed E-state index contributed by atoms with van der Waals surface area (Å²) >= 11 is 0. The highest BCUT2D eigenvalue weighted by atomic mass is 19.1. The Kier molecular flexibility index (Phi) is 11.2. The average molecular weight is 466 g/mol. The van der Waals surface area contributed by atoms with Crippen LogP contribution in [-0.2, 0) is 6.42 Å². The number of hydrogen-bond donors (Lipinski definition) is 0. The van der Waals surface area contributed by atoms with Gasteiger partial charge >= 0.3 is 0 Å². The van der Waals surface area contributed by atoms with E-state index in [4.69, 9.17) is 9.26 Å². The van der Waals surface area contributed by atoms with E-state index in [-0.39, 0.29) is 5.82 Å². The third kappa shape index (κ3) is 8.30. The first kappa shape index (κ1) is 26.0. The smallest absolute Gasteiger partial charge is 0.167 e. The van der Waals surface area contributed by atoms with Gasteiger partial charge in [0, 0.05) is 17.2 Å². The molecule has 0 unspecified atom stereocenters. The number of benzene rings is 2. The summed E-state index contributed by atoms with van der Waals surface area (Å²) in [6.45, 7) is 5.00. The van der Waals surface area contributed by atoms with Crippen molar-refractivity contribution in [3.8, 4) is 28.3 Å². The highest BCUT2D eigenvalue weighted by Gasteiger charge is 2.12. The molecule has 0 atom stereocenters. The predicted octanol–water partition coefficient (Wildman–Crippen LogP) is 9.40. The summed E-state index contributed by atoms with van der Waals surface area (Å²) in [4.78, 5) is 0. The molecule has 0 saturated heterocycles. The number of aryl methyl sites for hydroxylation is 1. The molecular weight excluding hydrogens is 425 g/mol. The largest absolute Gasteiger partial charge is 0.491 e. The van der Waals surface area contributed by atoms with Gasteiger partial charge in [-0.25, -0.2) is 4.39 Å². The number of halogens is 1. The van der Waals surface area contributed by atoms with Crippen molar-refractivity contribution in [3.63, 3.8) is 0 Å². The van der Waals surface area contributed by atoms with E-state index in [0.29, 0.717) is 23.7 Å². The molecule has 0 saturated carbocycles. The van der Waals surface area contributed by atoms with Crippen LogP contribution < -0.4 is 4.74 Å². The van der Waals surface area contributed by atoms with Gasteiger partial charge in [0.25, 0.3) is 0 Å². The maximum atomic E-state index is 14.6. The van der Waals surface area contributed by atoms with E-state index in [1.807, 2.05) is 12.1 Å². The second-order valence-electron chi connectivity index (χ2n) is 9.20. The first-order valence-electron chi connectivity index (χ1n) is 13.2. The van der Waals surface area contributed by atoms with Crippen LogP contribution >= 0.6 is 0 Å². The first-order chi connectivity index (χ1) is 16.7. The van der Waals surface area contributed by atoms with Crippen molar-refractivity contribution in [3.05, 3.63) is 59.9 Å². The number of hydrogen-bond acceptors (Lipinski definition) is 3. The van der Waals surface area contributed by atoms with Crippen LogP contribution in [0.3, 0.4) is 0 Å². The zero-order valence-corrected chi connectivity index (χ0v) is 21.0. The second-order valence-corrected chi connectivity index (χ2v) is 9.20. The molecule has 3 rings (SSSR count). The lowest BCUT2D eigenvalue weighted by Crippen LogP contribution is -1.99. The van der Waals surface area contributed by atoms with Crippen molar-refractivity contribution < 1.29 is 13.7 Å². The van der Waals surface area contributed by atoms with E-state index in [0.717, 1.165) is 30.5 Å². The molecule has 3 nitrogen and oxygen atoms in total. The summed E-state index contributed by atoms with van der Waals surface area (Å²) < 4.78 is 25.7. The van der Waals surface area contributed by atoms with Crippen molar-refractivity contribution in [1.82, 2.24) is 5.16 Å². The lowest BCUT2D eigenvalue weighted by molar-refractivity contribution is 0.290. The lowest BCUT2D eigenvalue weighted by Gasteiger charge is -2.08. The highest BCUT2D eigenvalue weighted by Crippen LogP contribution is 2.29. The molecule has 0 fully saturated rings. The molecule has 4 heteroatoms. The van der Waals surface area contributed by atoms with Crippen LogP contribution in [0.5, 0.6) is 5.75 Å². The Bertz CT molecular complexity index is 964. The van der Waals surface area contributed by atoms with Crippen LogP contribution in [-0.4, -0.2) is 11.8 Å². The van der Waals surface area contributed by atoms with Crippen LogP contribution in [0.2, 0.25) is 0 Å². The number of ether oxygens (including phenoxy) is 1. The Morgan fingerprint density at radius 3 is 2.09 bits per heavy atom.